The predicted octanol–water partition coefficient (Wildman–Crippen LogP) is 3.85. The normalized spacial score (nSPS) is 26.4. The van der Waals surface area contributed by atoms with Crippen molar-refractivity contribution >= 4 is 10.0 Å². The summed E-state index contributed by atoms with van der Waals surface area (Å²) in [5, 5.41) is -0.591. The van der Waals surface area contributed by atoms with Crippen molar-refractivity contribution in [1.82, 2.24) is 4.31 Å². The number of benzene rings is 2. The Bertz CT molecular complexity index is 991. The van der Waals surface area contributed by atoms with Crippen LogP contribution in [0.2, 0.25) is 0 Å². The Morgan fingerprint density at radius 2 is 1.83 bits per heavy atom. The SMILES string of the molecule is CC1CCC(c2ccccc2)S(=O)(=O)N1Cc1ccc(C2(N)CCOCC2)cc1F. The van der Waals surface area contributed by atoms with E-state index in [1.165, 1.54) is 10.4 Å². The molecule has 162 valence electrons. The summed E-state index contributed by atoms with van der Waals surface area (Å²) < 4.78 is 48.6. The van der Waals surface area contributed by atoms with E-state index in [2.05, 4.69) is 0 Å². The molecule has 2 aromatic carbocycles. The van der Waals surface area contributed by atoms with Crippen LogP contribution in [-0.2, 0) is 26.8 Å². The molecule has 2 saturated heterocycles. The van der Waals surface area contributed by atoms with Crippen LogP contribution in [0.15, 0.2) is 48.5 Å². The van der Waals surface area contributed by atoms with Crippen LogP contribution in [0.5, 0.6) is 0 Å². The van der Waals surface area contributed by atoms with Gasteiger partial charge in [-0.25, -0.2) is 12.8 Å². The molecule has 0 spiro atoms. The first kappa shape index (κ1) is 21.4. The molecule has 2 N–H and O–H groups in total. The summed E-state index contributed by atoms with van der Waals surface area (Å²) in [7, 11) is -3.60. The first-order valence-electron chi connectivity index (χ1n) is 10.5. The fourth-order valence-corrected chi connectivity index (χ4v) is 6.72. The van der Waals surface area contributed by atoms with Gasteiger partial charge in [0, 0.05) is 36.9 Å². The molecule has 7 heteroatoms. The van der Waals surface area contributed by atoms with Crippen LogP contribution in [0.25, 0.3) is 0 Å². The molecule has 0 amide bonds. The Kier molecular flexibility index (Phi) is 5.99. The van der Waals surface area contributed by atoms with Gasteiger partial charge in [-0.15, -0.1) is 0 Å². The summed E-state index contributed by atoms with van der Waals surface area (Å²) in [4.78, 5) is 0. The molecule has 30 heavy (non-hydrogen) atoms. The van der Waals surface area contributed by atoms with E-state index >= 15 is 4.39 Å². The van der Waals surface area contributed by atoms with E-state index in [9.17, 15) is 8.42 Å². The standard InChI is InChI=1S/C23H29FN2O3S/c1-17-7-10-22(18-5-3-2-4-6-18)30(27,28)26(17)16-19-8-9-20(15-21(19)24)23(25)11-13-29-14-12-23/h2-6,8-9,15,17,22H,7,10-14,16,25H2,1H3. The highest BCUT2D eigenvalue weighted by molar-refractivity contribution is 7.89. The lowest BCUT2D eigenvalue weighted by Crippen LogP contribution is -2.45. The third-order valence-corrected chi connectivity index (χ3v) is 8.90. The molecule has 0 aliphatic carbocycles. The maximum absolute atomic E-state index is 15.0. The molecule has 0 bridgehead atoms. The largest absolute Gasteiger partial charge is 0.381 e. The van der Waals surface area contributed by atoms with Gasteiger partial charge in [0.15, 0.2) is 0 Å². The number of hydrogen-bond acceptors (Lipinski definition) is 4. The zero-order valence-electron chi connectivity index (χ0n) is 17.3. The van der Waals surface area contributed by atoms with E-state index in [1.54, 1.807) is 6.07 Å². The molecule has 4 rings (SSSR count). The van der Waals surface area contributed by atoms with Crippen LogP contribution < -0.4 is 5.73 Å². The molecule has 0 saturated carbocycles. The lowest BCUT2D eigenvalue weighted by atomic mass is 9.83. The summed E-state index contributed by atoms with van der Waals surface area (Å²) in [6.45, 7) is 3.04. The van der Waals surface area contributed by atoms with Gasteiger partial charge in [-0.3, -0.25) is 0 Å². The number of nitrogens with zero attached hydrogens (tertiary/aromatic N) is 1. The quantitative estimate of drug-likeness (QED) is 0.797. The molecule has 0 aromatic heterocycles. The smallest absolute Gasteiger partial charge is 0.221 e. The third-order valence-electron chi connectivity index (χ3n) is 6.54. The first-order valence-corrected chi connectivity index (χ1v) is 12.0. The number of rotatable bonds is 4. The summed E-state index contributed by atoms with van der Waals surface area (Å²) in [5.41, 5.74) is 7.78. The average Bonchev–Trinajstić information content (AvgIpc) is 2.73. The molecule has 2 aromatic rings. The Hall–Kier alpha value is -1.80. The van der Waals surface area contributed by atoms with Crippen molar-refractivity contribution in [3.63, 3.8) is 0 Å². The van der Waals surface area contributed by atoms with Crippen molar-refractivity contribution in [2.75, 3.05) is 13.2 Å². The van der Waals surface area contributed by atoms with E-state index in [4.69, 9.17) is 10.5 Å². The van der Waals surface area contributed by atoms with Crippen molar-refractivity contribution in [2.24, 2.45) is 5.73 Å². The number of ether oxygens (including phenoxy) is 1. The van der Waals surface area contributed by atoms with Gasteiger partial charge in [-0.1, -0.05) is 42.5 Å². The zero-order valence-corrected chi connectivity index (χ0v) is 18.1. The van der Waals surface area contributed by atoms with E-state index in [0.717, 1.165) is 17.5 Å². The Balaban J connectivity index is 1.59. The third kappa shape index (κ3) is 4.04. The molecule has 2 aliphatic heterocycles. The van der Waals surface area contributed by atoms with Crippen molar-refractivity contribution in [3.05, 3.63) is 71.0 Å². The maximum atomic E-state index is 15.0. The van der Waals surface area contributed by atoms with Gasteiger partial charge >= 0.3 is 0 Å². The molecular formula is C23H29FN2O3S. The van der Waals surface area contributed by atoms with E-state index in [1.807, 2.05) is 43.3 Å². The fourth-order valence-electron chi connectivity index (χ4n) is 4.53. The van der Waals surface area contributed by atoms with E-state index in [0.29, 0.717) is 38.0 Å². The maximum Gasteiger partial charge on any atom is 0.221 e. The summed E-state index contributed by atoms with van der Waals surface area (Å²) in [6, 6.07) is 14.1. The monoisotopic (exact) mass is 432 g/mol. The highest BCUT2D eigenvalue weighted by atomic mass is 32.2. The molecule has 2 aliphatic rings. The van der Waals surface area contributed by atoms with E-state index < -0.39 is 26.6 Å². The second-order valence-electron chi connectivity index (χ2n) is 8.49. The topological polar surface area (TPSA) is 72.6 Å². The molecule has 2 unspecified atom stereocenters. The van der Waals surface area contributed by atoms with Crippen molar-refractivity contribution in [1.29, 1.82) is 0 Å². The van der Waals surface area contributed by atoms with Crippen LogP contribution in [0.3, 0.4) is 0 Å². The summed E-state index contributed by atoms with van der Waals surface area (Å²) in [6.07, 6.45) is 2.60. The van der Waals surface area contributed by atoms with Crippen molar-refractivity contribution in [3.8, 4) is 0 Å². The minimum atomic E-state index is -3.60. The Labute approximate surface area is 178 Å². The summed E-state index contributed by atoms with van der Waals surface area (Å²) in [5.74, 6) is -0.409. The van der Waals surface area contributed by atoms with Crippen LogP contribution in [-0.4, -0.2) is 32.0 Å². The van der Waals surface area contributed by atoms with Gasteiger partial charge in [0.1, 0.15) is 11.1 Å². The lowest BCUT2D eigenvalue weighted by Gasteiger charge is -2.38. The van der Waals surface area contributed by atoms with Crippen LogP contribution >= 0.6 is 0 Å². The van der Waals surface area contributed by atoms with Gasteiger partial charge < -0.3 is 10.5 Å². The molecule has 2 atom stereocenters. The molecular weight excluding hydrogens is 403 g/mol. The fraction of sp³-hybridized carbons (Fsp3) is 0.478. The van der Waals surface area contributed by atoms with Crippen LogP contribution in [0.1, 0.15) is 54.5 Å². The van der Waals surface area contributed by atoms with Crippen molar-refractivity contribution < 1.29 is 17.5 Å². The average molecular weight is 433 g/mol. The number of halogens is 1. The van der Waals surface area contributed by atoms with Crippen LogP contribution in [0.4, 0.5) is 4.39 Å². The van der Waals surface area contributed by atoms with Gasteiger partial charge in [0.25, 0.3) is 0 Å². The van der Waals surface area contributed by atoms with E-state index in [-0.39, 0.29) is 12.6 Å². The highest BCUT2D eigenvalue weighted by Gasteiger charge is 2.40. The van der Waals surface area contributed by atoms with Gasteiger partial charge in [-0.2, -0.15) is 4.31 Å². The Morgan fingerprint density at radius 1 is 1.13 bits per heavy atom. The number of sulfonamides is 1. The lowest BCUT2D eigenvalue weighted by molar-refractivity contribution is 0.0521. The minimum absolute atomic E-state index is 0.0274. The second-order valence-corrected chi connectivity index (χ2v) is 10.6. The van der Waals surface area contributed by atoms with Gasteiger partial charge in [-0.05, 0) is 49.8 Å². The highest BCUT2D eigenvalue weighted by Crippen LogP contribution is 2.38. The molecule has 2 heterocycles. The number of hydrogen-bond donors (Lipinski definition) is 1. The summed E-state index contributed by atoms with van der Waals surface area (Å²) >= 11 is 0. The Morgan fingerprint density at radius 3 is 2.50 bits per heavy atom. The van der Waals surface area contributed by atoms with Crippen molar-refractivity contribution in [2.45, 2.75) is 56.0 Å². The predicted molar refractivity (Wildman–Crippen MR) is 115 cm³/mol. The number of nitrogens with two attached hydrogens (primary N) is 1. The first-order chi connectivity index (χ1) is 14.3. The van der Waals surface area contributed by atoms with Gasteiger partial charge in [0.05, 0.1) is 0 Å². The second kappa shape index (κ2) is 8.38. The zero-order chi connectivity index (χ0) is 21.4. The van der Waals surface area contributed by atoms with Gasteiger partial charge in [0.2, 0.25) is 10.0 Å². The molecule has 2 fully saturated rings. The molecule has 0 radical (unpaired) electrons. The molecule has 5 nitrogen and oxygen atoms in total. The minimum Gasteiger partial charge on any atom is -0.381 e. The van der Waals surface area contributed by atoms with Crippen LogP contribution in [0, 0.1) is 5.82 Å².